The molecule has 0 radical (unpaired) electrons. The van der Waals surface area contributed by atoms with Crippen LogP contribution < -0.4 is 5.73 Å². The molecule has 4 N–H and O–H groups in total. The van der Waals surface area contributed by atoms with Crippen LogP contribution in [0, 0.1) is 17.7 Å². The van der Waals surface area contributed by atoms with E-state index < -0.39 is 12.1 Å². The quantitative estimate of drug-likeness (QED) is 0.148. The number of urea groups is 1. The maximum Gasteiger partial charge on any atom is 0.339 e. The largest absolute Gasteiger partial charge is 0.350 e. The topological polar surface area (TPSA) is 107 Å². The summed E-state index contributed by atoms with van der Waals surface area (Å²) in [5.74, 6) is 5.07. The van der Waals surface area contributed by atoms with Crippen molar-refractivity contribution in [2.75, 3.05) is 0 Å². The highest BCUT2D eigenvalue weighted by Crippen LogP contribution is 2.20. The van der Waals surface area contributed by atoms with Crippen molar-refractivity contribution < 1.29 is 24.4 Å². The van der Waals surface area contributed by atoms with E-state index in [9.17, 15) is 19.2 Å². The fourth-order valence-electron chi connectivity index (χ4n) is 3.04. The van der Waals surface area contributed by atoms with E-state index in [0.717, 1.165) is 15.3 Å². The van der Waals surface area contributed by atoms with Gasteiger partial charge in [-0.1, -0.05) is 42.2 Å². The summed E-state index contributed by atoms with van der Waals surface area (Å²) in [5, 5.41) is 22.6. The molecule has 1 atom stereocenters. The maximum absolute atomic E-state index is 12.9. The highest BCUT2D eigenvalue weighted by Gasteiger charge is 2.12. The van der Waals surface area contributed by atoms with Crippen molar-refractivity contribution in [1.82, 2.24) is 10.1 Å². The minimum absolute atomic E-state index is 0.118. The van der Waals surface area contributed by atoms with Crippen molar-refractivity contribution in [3.8, 4) is 11.8 Å². The van der Waals surface area contributed by atoms with Crippen LogP contribution >= 0.6 is 22.7 Å². The predicted octanol–water partition coefficient (Wildman–Crippen LogP) is 6.52. The van der Waals surface area contributed by atoms with Gasteiger partial charge >= 0.3 is 6.03 Å². The number of carbonyl (C=O) groups excluding carboxylic acids is 2. The van der Waals surface area contributed by atoms with Crippen molar-refractivity contribution in [3.05, 3.63) is 93.2 Å². The van der Waals surface area contributed by atoms with Crippen LogP contribution in [0.2, 0.25) is 0 Å². The summed E-state index contributed by atoms with van der Waals surface area (Å²) in [7, 11) is 0. The summed E-state index contributed by atoms with van der Waals surface area (Å²) < 4.78 is 14.2. The van der Waals surface area contributed by atoms with E-state index in [2.05, 4.69) is 47.6 Å². The van der Waals surface area contributed by atoms with Crippen LogP contribution in [0.4, 0.5) is 9.18 Å². The number of fused-ring (bicyclic) bond motifs is 1. The number of thiophene rings is 2. The number of nitrogens with zero attached hydrogens (tertiary/aromatic N) is 2. The number of hydroxylamine groups is 4. The Balaban J connectivity index is 0.000000255. The third-order valence-electron chi connectivity index (χ3n) is 5.12. The van der Waals surface area contributed by atoms with Crippen LogP contribution in [-0.4, -0.2) is 44.6 Å². The molecule has 2 aromatic carbocycles. The van der Waals surface area contributed by atoms with E-state index in [1.807, 2.05) is 12.1 Å². The predicted molar refractivity (Wildman–Crippen MR) is 154 cm³/mol. The second-order valence-corrected chi connectivity index (χ2v) is 10.7. The molecule has 10 heteroatoms. The van der Waals surface area contributed by atoms with Crippen LogP contribution in [-0.2, 0) is 11.2 Å². The molecular weight excluding hydrogens is 537 g/mol. The molecule has 0 saturated heterocycles. The lowest BCUT2D eigenvalue weighted by Crippen LogP contribution is -2.38. The molecule has 0 fully saturated rings. The van der Waals surface area contributed by atoms with Crippen LogP contribution in [0.1, 0.15) is 43.0 Å². The molecule has 3 amide bonds. The first kappa shape index (κ1) is 31.5. The van der Waals surface area contributed by atoms with Gasteiger partial charge in [-0.2, -0.15) is 5.06 Å². The van der Waals surface area contributed by atoms with Gasteiger partial charge in [-0.15, -0.1) is 22.7 Å². The molecule has 0 bridgehead atoms. The highest BCUT2D eigenvalue weighted by molar-refractivity contribution is 7.17. The zero-order valence-electron chi connectivity index (χ0n) is 22.2. The standard InChI is InChI=1S/C16H15FN2O2S.C8H6S.C5H11NO2/c1-11(19(21)16(18)20)2-7-14-8-9-15(22-14)10-12-3-5-13(17)6-4-12;1-2-4-8-7(3-1)5-6-9-8;1-4(2)6(8)5(3)7/h3-6,8-9,11,21H,10H2,1H3,(H2,18,20);1-6H;4,8H,1-3H3/t11-;;/m1../s1. The molecule has 0 aliphatic carbocycles. The zero-order chi connectivity index (χ0) is 28.9. The molecule has 0 unspecified atom stereocenters. The van der Waals surface area contributed by atoms with Gasteiger partial charge in [0.2, 0.25) is 5.91 Å². The normalized spacial score (nSPS) is 10.8. The number of nitrogens with two attached hydrogens (primary N) is 1. The maximum atomic E-state index is 12.9. The number of carbonyl (C=O) groups is 2. The minimum Gasteiger partial charge on any atom is -0.350 e. The van der Waals surface area contributed by atoms with E-state index >= 15 is 0 Å². The van der Waals surface area contributed by atoms with Gasteiger partial charge in [0.05, 0.1) is 10.9 Å². The summed E-state index contributed by atoms with van der Waals surface area (Å²) >= 11 is 3.30. The Morgan fingerprint density at radius 3 is 2.21 bits per heavy atom. The second-order valence-electron chi connectivity index (χ2n) is 8.61. The van der Waals surface area contributed by atoms with Gasteiger partial charge < -0.3 is 5.73 Å². The van der Waals surface area contributed by atoms with Gasteiger partial charge in [-0.25, -0.2) is 14.2 Å². The van der Waals surface area contributed by atoms with Crippen LogP contribution in [0.25, 0.3) is 10.1 Å². The summed E-state index contributed by atoms with van der Waals surface area (Å²) in [6.45, 7) is 6.37. The summed E-state index contributed by atoms with van der Waals surface area (Å²) in [5.41, 5.74) is 5.97. The van der Waals surface area contributed by atoms with Gasteiger partial charge in [-0.3, -0.25) is 15.2 Å². The molecule has 0 aliphatic heterocycles. The Hall–Kier alpha value is -3.75. The first-order valence-corrected chi connectivity index (χ1v) is 13.7. The summed E-state index contributed by atoms with van der Waals surface area (Å²) in [6.07, 6.45) is 0.704. The Morgan fingerprint density at radius 1 is 0.974 bits per heavy atom. The van der Waals surface area contributed by atoms with Crippen molar-refractivity contribution in [2.24, 2.45) is 5.73 Å². The smallest absolute Gasteiger partial charge is 0.339 e. The molecule has 0 aliphatic rings. The number of hydrogen-bond acceptors (Lipinski definition) is 6. The van der Waals surface area contributed by atoms with Gasteiger partial charge in [0.1, 0.15) is 11.9 Å². The van der Waals surface area contributed by atoms with Crippen LogP contribution in [0.5, 0.6) is 0 Å². The number of hydrogen-bond donors (Lipinski definition) is 3. The van der Waals surface area contributed by atoms with Gasteiger partial charge in [0.15, 0.2) is 0 Å². The van der Waals surface area contributed by atoms with Crippen molar-refractivity contribution in [3.63, 3.8) is 0 Å². The first-order valence-electron chi connectivity index (χ1n) is 12.0. The SMILES string of the molecule is CC(=O)N(O)C(C)C.C[C@H](C#Cc1ccc(Cc2ccc(F)cc2)s1)N(O)C(N)=O.c1ccc2sccc2c1. The van der Waals surface area contributed by atoms with Crippen LogP contribution in [0.3, 0.4) is 0 Å². The fourth-order valence-corrected chi connectivity index (χ4v) is 4.73. The lowest BCUT2D eigenvalue weighted by molar-refractivity contribution is -0.170. The molecule has 0 spiro atoms. The minimum atomic E-state index is -0.940. The average Bonchev–Trinajstić information content (AvgIpc) is 3.57. The van der Waals surface area contributed by atoms with Gasteiger partial charge in [0.25, 0.3) is 0 Å². The lowest BCUT2D eigenvalue weighted by Gasteiger charge is -2.15. The average molecular weight is 570 g/mol. The Bertz CT molecular complexity index is 1380. The highest BCUT2D eigenvalue weighted by atomic mass is 32.1. The number of primary amides is 1. The molecule has 206 valence electrons. The number of amides is 3. The van der Waals surface area contributed by atoms with E-state index in [1.54, 1.807) is 44.2 Å². The lowest BCUT2D eigenvalue weighted by atomic mass is 10.1. The zero-order valence-corrected chi connectivity index (χ0v) is 23.8. The van der Waals surface area contributed by atoms with Crippen molar-refractivity contribution >= 4 is 44.7 Å². The molecule has 2 aromatic heterocycles. The van der Waals surface area contributed by atoms with Gasteiger partial charge in [-0.05, 0) is 73.5 Å². The van der Waals surface area contributed by atoms with Crippen molar-refractivity contribution in [1.29, 1.82) is 0 Å². The van der Waals surface area contributed by atoms with Crippen LogP contribution in [0.15, 0.2) is 72.1 Å². The third-order valence-corrected chi connectivity index (χ3v) is 7.02. The molecule has 7 nitrogen and oxygen atoms in total. The first-order chi connectivity index (χ1) is 18.5. The molecule has 4 rings (SSSR count). The number of benzene rings is 2. The Labute approximate surface area is 235 Å². The van der Waals surface area contributed by atoms with E-state index in [4.69, 9.17) is 10.9 Å². The third kappa shape index (κ3) is 10.9. The molecule has 2 heterocycles. The van der Waals surface area contributed by atoms with E-state index in [0.29, 0.717) is 16.5 Å². The second kappa shape index (κ2) is 15.6. The molecule has 0 saturated carbocycles. The van der Waals surface area contributed by atoms with E-state index in [1.165, 1.54) is 40.5 Å². The Kier molecular flexibility index (Phi) is 12.6. The molecular formula is C29H32FN3O4S2. The fraction of sp³-hybridized carbons (Fsp3) is 0.241. The number of rotatable bonds is 4. The molecule has 39 heavy (non-hydrogen) atoms. The summed E-state index contributed by atoms with van der Waals surface area (Å²) in [6, 6.07) is 19.0. The van der Waals surface area contributed by atoms with E-state index in [-0.39, 0.29) is 17.8 Å². The van der Waals surface area contributed by atoms with Crippen molar-refractivity contribution in [2.45, 2.75) is 46.2 Å². The number of halogens is 1. The van der Waals surface area contributed by atoms with Gasteiger partial charge in [0, 0.05) is 22.9 Å². The monoisotopic (exact) mass is 569 g/mol. The summed E-state index contributed by atoms with van der Waals surface area (Å²) in [4.78, 5) is 23.0. The molecule has 4 aromatic rings. The Morgan fingerprint density at radius 2 is 1.64 bits per heavy atom.